The molecule has 0 amide bonds. The van der Waals surface area contributed by atoms with Gasteiger partial charge in [0, 0.05) is 13.0 Å². The maximum absolute atomic E-state index is 12.0. The largest absolute Gasteiger partial charge is 0.465 e. The van der Waals surface area contributed by atoms with Crippen LogP contribution in [0.2, 0.25) is 0 Å². The lowest BCUT2D eigenvalue weighted by Gasteiger charge is -2.34. The smallest absolute Gasteiger partial charge is 0.257 e. The number of benzene rings is 2. The Kier molecular flexibility index (Phi) is 9.27. The van der Waals surface area contributed by atoms with Crippen molar-refractivity contribution in [1.29, 1.82) is 0 Å². The number of nitrogens with one attached hydrogen (secondary N) is 2. The average molecular weight is 449 g/mol. The van der Waals surface area contributed by atoms with Crippen LogP contribution < -0.4 is 10.0 Å². The summed E-state index contributed by atoms with van der Waals surface area (Å²) in [5.41, 5.74) is 1.52. The molecule has 0 aromatic heterocycles. The van der Waals surface area contributed by atoms with E-state index < -0.39 is 21.7 Å². The van der Waals surface area contributed by atoms with Gasteiger partial charge in [-0.1, -0.05) is 74.0 Å². The molecule has 7 heteroatoms. The zero-order valence-corrected chi connectivity index (χ0v) is 19.6. The van der Waals surface area contributed by atoms with Crippen molar-refractivity contribution >= 4 is 27.4 Å². The maximum atomic E-state index is 12.0. The number of ether oxygens (including phenoxy) is 1. The fourth-order valence-electron chi connectivity index (χ4n) is 3.54. The molecule has 2 aromatic rings. The third-order valence-corrected chi connectivity index (χ3v) is 5.78. The number of hydrogen-bond donors (Lipinski definition) is 2. The molecule has 30 heavy (non-hydrogen) atoms. The van der Waals surface area contributed by atoms with Crippen molar-refractivity contribution in [3.05, 3.63) is 71.8 Å². The van der Waals surface area contributed by atoms with Gasteiger partial charge in [-0.25, -0.2) is 13.1 Å². The molecule has 0 aliphatic heterocycles. The first-order chi connectivity index (χ1) is 14.2. The molecule has 2 unspecified atom stereocenters. The maximum Gasteiger partial charge on any atom is 0.257 e. The Morgan fingerprint density at radius 1 is 1.10 bits per heavy atom. The second-order valence-electron chi connectivity index (χ2n) is 7.81. The van der Waals surface area contributed by atoms with E-state index in [1.165, 1.54) is 11.8 Å². The Morgan fingerprint density at radius 2 is 1.70 bits per heavy atom. The van der Waals surface area contributed by atoms with Crippen molar-refractivity contribution < 1.29 is 13.2 Å². The first kappa shape index (κ1) is 24.3. The van der Waals surface area contributed by atoms with Crippen LogP contribution in [0.3, 0.4) is 0 Å². The van der Waals surface area contributed by atoms with E-state index in [0.717, 1.165) is 24.8 Å². The highest BCUT2D eigenvalue weighted by Crippen LogP contribution is 2.31. The van der Waals surface area contributed by atoms with E-state index >= 15 is 0 Å². The molecule has 164 valence electrons. The van der Waals surface area contributed by atoms with E-state index in [4.69, 9.17) is 17.0 Å². The topological polar surface area (TPSA) is 67.4 Å². The van der Waals surface area contributed by atoms with Crippen LogP contribution in [-0.4, -0.2) is 32.0 Å². The molecule has 5 nitrogen and oxygen atoms in total. The molecular formula is C23H32N2O3S2. The van der Waals surface area contributed by atoms with Gasteiger partial charge < -0.3 is 10.1 Å². The van der Waals surface area contributed by atoms with E-state index in [1.54, 1.807) is 0 Å². The highest BCUT2D eigenvalue weighted by Gasteiger charge is 2.32. The van der Waals surface area contributed by atoms with Gasteiger partial charge >= 0.3 is 0 Å². The predicted molar refractivity (Wildman–Crippen MR) is 127 cm³/mol. The summed E-state index contributed by atoms with van der Waals surface area (Å²) in [5, 5.41) is 3.52. The van der Waals surface area contributed by atoms with Crippen molar-refractivity contribution in [2.45, 2.75) is 51.2 Å². The van der Waals surface area contributed by atoms with Crippen molar-refractivity contribution in [3.63, 3.8) is 0 Å². The molecule has 0 saturated carbocycles. The number of rotatable bonds is 11. The van der Waals surface area contributed by atoms with Gasteiger partial charge in [0.25, 0.3) is 5.17 Å². The molecule has 2 aromatic carbocycles. The predicted octanol–water partition coefficient (Wildman–Crippen LogP) is 4.36. The quantitative estimate of drug-likeness (QED) is 0.500. The molecule has 0 spiro atoms. The Balaban J connectivity index is 2.05. The minimum absolute atomic E-state index is 0.341. The summed E-state index contributed by atoms with van der Waals surface area (Å²) >= 11 is 5.44. The lowest BCUT2D eigenvalue weighted by molar-refractivity contribution is 0.0459. The van der Waals surface area contributed by atoms with E-state index in [-0.39, 0.29) is 0 Å². The zero-order valence-electron chi connectivity index (χ0n) is 17.9. The van der Waals surface area contributed by atoms with Gasteiger partial charge in [0.15, 0.2) is 0 Å². The van der Waals surface area contributed by atoms with Gasteiger partial charge in [-0.05, 0) is 43.1 Å². The van der Waals surface area contributed by atoms with Gasteiger partial charge in [-0.3, -0.25) is 0 Å². The molecule has 2 rings (SSSR count). The highest BCUT2D eigenvalue weighted by molar-refractivity contribution is 7.88. The summed E-state index contributed by atoms with van der Waals surface area (Å²) in [4.78, 5) is 0. The van der Waals surface area contributed by atoms with Gasteiger partial charge in [0.05, 0.1) is 12.3 Å². The van der Waals surface area contributed by atoms with Crippen LogP contribution >= 0.6 is 12.2 Å². The highest BCUT2D eigenvalue weighted by atomic mass is 32.2. The third-order valence-electron chi connectivity index (χ3n) is 4.84. The zero-order chi connectivity index (χ0) is 22.0. The van der Waals surface area contributed by atoms with E-state index in [0.29, 0.717) is 18.1 Å². The van der Waals surface area contributed by atoms with Gasteiger partial charge in [0.1, 0.15) is 5.60 Å². The van der Waals surface area contributed by atoms with E-state index in [2.05, 4.69) is 29.1 Å². The fraction of sp³-hybridized carbons (Fsp3) is 0.435. The summed E-state index contributed by atoms with van der Waals surface area (Å²) in [6, 6.07) is 19.3. The minimum Gasteiger partial charge on any atom is -0.465 e. The van der Waals surface area contributed by atoms with Crippen molar-refractivity contribution in [2.24, 2.45) is 0 Å². The van der Waals surface area contributed by atoms with Gasteiger partial charge in [-0.15, -0.1) is 0 Å². The van der Waals surface area contributed by atoms with E-state index in [9.17, 15) is 8.42 Å². The number of thiocarbonyl (C=S) groups is 1. The van der Waals surface area contributed by atoms with Crippen molar-refractivity contribution in [3.8, 4) is 0 Å². The molecule has 2 atom stereocenters. The Morgan fingerprint density at radius 3 is 2.27 bits per heavy atom. The van der Waals surface area contributed by atoms with Crippen LogP contribution in [0, 0.1) is 0 Å². The minimum atomic E-state index is -3.39. The van der Waals surface area contributed by atoms with Crippen molar-refractivity contribution in [2.75, 3.05) is 12.8 Å². The van der Waals surface area contributed by atoms with Crippen LogP contribution in [-0.2, 0) is 21.2 Å². The molecular weight excluding hydrogens is 416 g/mol. The molecule has 0 bridgehead atoms. The van der Waals surface area contributed by atoms with Gasteiger partial charge in [-0.2, -0.15) is 0 Å². The lowest BCUT2D eigenvalue weighted by Crippen LogP contribution is -2.41. The number of sulfonamides is 1. The normalized spacial score (nSPS) is 14.5. The molecule has 0 heterocycles. The average Bonchev–Trinajstić information content (AvgIpc) is 2.68. The summed E-state index contributed by atoms with van der Waals surface area (Å²) < 4.78 is 32.9. The Labute approximate surface area is 186 Å². The summed E-state index contributed by atoms with van der Waals surface area (Å²) in [6.07, 6.45) is 4.14. The first-order valence-electron chi connectivity index (χ1n) is 10.2. The third kappa shape index (κ3) is 8.81. The monoisotopic (exact) mass is 448 g/mol. The second kappa shape index (κ2) is 11.4. The molecule has 0 aliphatic rings. The SMILES string of the molecule is CCCC(C)(CC(NS(C)(=O)=O)c1ccccc1)OC(=S)NCCc1ccccc1. The molecule has 0 aliphatic carbocycles. The summed E-state index contributed by atoms with van der Waals surface area (Å²) in [6.45, 7) is 4.74. The van der Waals surface area contributed by atoms with Crippen LogP contribution in [0.1, 0.15) is 50.3 Å². The van der Waals surface area contributed by atoms with Gasteiger partial charge in [0.2, 0.25) is 10.0 Å². The summed E-state index contributed by atoms with van der Waals surface area (Å²) in [5.74, 6) is 0. The first-order valence-corrected chi connectivity index (χ1v) is 12.5. The second-order valence-corrected chi connectivity index (χ2v) is 9.96. The lowest BCUT2D eigenvalue weighted by atomic mass is 9.89. The summed E-state index contributed by atoms with van der Waals surface area (Å²) in [7, 11) is -3.39. The molecule has 0 radical (unpaired) electrons. The van der Waals surface area contributed by atoms with Crippen LogP contribution in [0.5, 0.6) is 0 Å². The molecule has 0 fully saturated rings. The van der Waals surface area contributed by atoms with E-state index in [1.807, 2.05) is 55.5 Å². The number of hydrogen-bond acceptors (Lipinski definition) is 4. The molecule has 0 saturated heterocycles. The molecule has 2 N–H and O–H groups in total. The fourth-order valence-corrected chi connectivity index (χ4v) is 4.58. The van der Waals surface area contributed by atoms with Crippen molar-refractivity contribution in [1.82, 2.24) is 10.0 Å². The standard InChI is InChI=1S/C23H32N2O3S2/c1-4-16-23(2,28-22(29)24-17-15-19-11-7-5-8-12-19)18-21(25-30(3,26)27)20-13-9-6-10-14-20/h5-14,21,25H,4,15-18H2,1-3H3,(H,24,29). The van der Waals surface area contributed by atoms with Crippen LogP contribution in [0.25, 0.3) is 0 Å². The Bertz CT molecular complexity index is 889. The van der Waals surface area contributed by atoms with Crippen LogP contribution in [0.15, 0.2) is 60.7 Å². The Hall–Kier alpha value is -1.96. The van der Waals surface area contributed by atoms with Crippen LogP contribution in [0.4, 0.5) is 0 Å².